The number of para-hydroxylation sites is 1. The number of amides is 1. The maximum atomic E-state index is 14.1. The second-order valence-corrected chi connectivity index (χ2v) is 11.5. The second kappa shape index (κ2) is 8.92. The standard InChI is InChI=1S/C21H24FN3O6S2/c1-2-31-19-8-7-16(25-21(26)9-14-32(25,27)28)15-20(19)33(29,30)24-12-10-23(11-13-24)18-6-4-3-5-17(18)22/h3-8,15H,2,9-14H2,1H3. The summed E-state index contributed by atoms with van der Waals surface area (Å²) >= 11 is 0. The van der Waals surface area contributed by atoms with Gasteiger partial charge in [0.2, 0.25) is 26.0 Å². The molecule has 2 aliphatic heterocycles. The molecule has 12 heteroatoms. The fourth-order valence-corrected chi connectivity index (χ4v) is 7.01. The Morgan fingerprint density at radius 3 is 2.36 bits per heavy atom. The van der Waals surface area contributed by atoms with Gasteiger partial charge in [-0.3, -0.25) is 4.79 Å². The minimum Gasteiger partial charge on any atom is -0.492 e. The van der Waals surface area contributed by atoms with Crippen molar-refractivity contribution in [3.8, 4) is 5.75 Å². The van der Waals surface area contributed by atoms with Gasteiger partial charge in [-0.05, 0) is 37.3 Å². The van der Waals surface area contributed by atoms with Crippen LogP contribution >= 0.6 is 0 Å². The fourth-order valence-electron chi connectivity index (χ4n) is 3.98. The molecule has 4 rings (SSSR count). The Morgan fingerprint density at radius 1 is 1.06 bits per heavy atom. The summed E-state index contributed by atoms with van der Waals surface area (Å²) in [7, 11) is -7.93. The average molecular weight is 498 g/mol. The number of anilines is 2. The van der Waals surface area contributed by atoms with E-state index in [2.05, 4.69) is 0 Å². The minimum absolute atomic E-state index is 0.0375. The minimum atomic E-state index is -4.08. The highest BCUT2D eigenvalue weighted by Crippen LogP contribution is 2.35. The first-order valence-corrected chi connectivity index (χ1v) is 13.5. The van der Waals surface area contributed by atoms with Crippen LogP contribution in [0.15, 0.2) is 47.4 Å². The molecule has 33 heavy (non-hydrogen) atoms. The van der Waals surface area contributed by atoms with Gasteiger partial charge >= 0.3 is 0 Å². The molecule has 0 aromatic heterocycles. The molecule has 0 saturated carbocycles. The summed E-state index contributed by atoms with van der Waals surface area (Å²) < 4.78 is 73.2. The summed E-state index contributed by atoms with van der Waals surface area (Å²) in [6.07, 6.45) is -0.157. The predicted molar refractivity (Wildman–Crippen MR) is 121 cm³/mol. The Labute approximate surface area is 192 Å². The predicted octanol–water partition coefficient (Wildman–Crippen LogP) is 1.80. The quantitative estimate of drug-likeness (QED) is 0.599. The van der Waals surface area contributed by atoms with Crippen molar-refractivity contribution in [1.29, 1.82) is 0 Å². The number of hydrogen-bond acceptors (Lipinski definition) is 7. The monoisotopic (exact) mass is 497 g/mol. The summed E-state index contributed by atoms with van der Waals surface area (Å²) in [5, 5.41) is 0. The van der Waals surface area contributed by atoms with Crippen LogP contribution in [0.25, 0.3) is 0 Å². The molecule has 1 amide bonds. The van der Waals surface area contributed by atoms with Gasteiger partial charge in [-0.1, -0.05) is 12.1 Å². The zero-order valence-electron chi connectivity index (χ0n) is 18.0. The van der Waals surface area contributed by atoms with Crippen LogP contribution in [-0.2, 0) is 24.8 Å². The van der Waals surface area contributed by atoms with Crippen LogP contribution in [0.5, 0.6) is 5.75 Å². The molecule has 0 atom stereocenters. The van der Waals surface area contributed by atoms with Gasteiger partial charge in [-0.25, -0.2) is 25.5 Å². The fraction of sp³-hybridized carbons (Fsp3) is 0.381. The van der Waals surface area contributed by atoms with Gasteiger partial charge in [0.25, 0.3) is 0 Å². The van der Waals surface area contributed by atoms with Crippen molar-refractivity contribution >= 4 is 37.3 Å². The lowest BCUT2D eigenvalue weighted by atomic mass is 10.2. The molecule has 0 aliphatic carbocycles. The van der Waals surface area contributed by atoms with Crippen molar-refractivity contribution in [2.45, 2.75) is 18.2 Å². The molecule has 2 saturated heterocycles. The number of carbonyl (C=O) groups is 1. The van der Waals surface area contributed by atoms with Crippen LogP contribution in [0.4, 0.5) is 15.8 Å². The smallest absolute Gasteiger partial charge is 0.246 e. The lowest BCUT2D eigenvalue weighted by Gasteiger charge is -2.35. The second-order valence-electron chi connectivity index (χ2n) is 7.63. The third-order valence-corrected chi connectivity index (χ3v) is 9.20. The number of benzene rings is 2. The number of nitrogens with zero attached hydrogens (tertiary/aromatic N) is 3. The van der Waals surface area contributed by atoms with Crippen molar-refractivity contribution in [1.82, 2.24) is 4.31 Å². The van der Waals surface area contributed by atoms with Gasteiger partial charge in [0.15, 0.2) is 0 Å². The molecular weight excluding hydrogens is 473 g/mol. The molecule has 2 heterocycles. The van der Waals surface area contributed by atoms with E-state index in [1.165, 1.54) is 28.6 Å². The Hall–Kier alpha value is -2.70. The highest BCUT2D eigenvalue weighted by Gasteiger charge is 2.38. The van der Waals surface area contributed by atoms with Gasteiger partial charge in [-0.2, -0.15) is 4.31 Å². The average Bonchev–Trinajstić information content (AvgIpc) is 3.07. The number of carbonyl (C=O) groups excluding carboxylic acids is 1. The first kappa shape index (κ1) is 23.5. The Balaban J connectivity index is 1.64. The Bertz CT molecular complexity index is 1270. The number of sulfonamides is 2. The first-order chi connectivity index (χ1) is 15.6. The van der Waals surface area contributed by atoms with Gasteiger partial charge in [0.1, 0.15) is 16.5 Å². The SMILES string of the molecule is CCOc1ccc(N2C(=O)CCS2(=O)=O)cc1S(=O)(=O)N1CCN(c2ccccc2F)CC1. The Morgan fingerprint density at radius 2 is 1.76 bits per heavy atom. The van der Waals surface area contributed by atoms with E-state index in [9.17, 15) is 26.0 Å². The molecule has 2 aromatic carbocycles. The number of halogens is 1. The topological polar surface area (TPSA) is 104 Å². The zero-order valence-corrected chi connectivity index (χ0v) is 19.6. The molecule has 9 nitrogen and oxygen atoms in total. The summed E-state index contributed by atoms with van der Waals surface area (Å²) in [6, 6.07) is 10.2. The van der Waals surface area contributed by atoms with E-state index < -0.39 is 26.0 Å². The number of piperazine rings is 1. The van der Waals surface area contributed by atoms with Crippen molar-refractivity contribution in [3.05, 3.63) is 48.3 Å². The highest BCUT2D eigenvalue weighted by molar-refractivity contribution is 7.94. The van der Waals surface area contributed by atoms with Crippen LogP contribution in [0.3, 0.4) is 0 Å². The van der Waals surface area contributed by atoms with E-state index in [0.717, 1.165) is 0 Å². The van der Waals surface area contributed by atoms with E-state index >= 15 is 0 Å². The largest absolute Gasteiger partial charge is 0.492 e. The summed E-state index contributed by atoms with van der Waals surface area (Å²) in [5.74, 6) is -1.24. The third kappa shape index (κ3) is 4.42. The molecule has 0 spiro atoms. The van der Waals surface area contributed by atoms with Crippen LogP contribution in [0.2, 0.25) is 0 Å². The number of rotatable bonds is 6. The zero-order chi connectivity index (χ0) is 23.8. The summed E-state index contributed by atoms with van der Waals surface area (Å²) in [5.41, 5.74) is 0.369. The molecular formula is C21H24FN3O6S2. The van der Waals surface area contributed by atoms with Crippen molar-refractivity contribution < 1.29 is 30.8 Å². The molecule has 2 aliphatic rings. The Kier molecular flexibility index (Phi) is 6.34. The molecule has 2 fully saturated rings. The maximum absolute atomic E-state index is 14.1. The van der Waals surface area contributed by atoms with Crippen LogP contribution in [0, 0.1) is 5.82 Å². The summed E-state index contributed by atoms with van der Waals surface area (Å²) in [4.78, 5) is 13.7. The molecule has 2 aromatic rings. The van der Waals surface area contributed by atoms with Gasteiger partial charge < -0.3 is 9.64 Å². The van der Waals surface area contributed by atoms with Crippen molar-refractivity contribution in [3.63, 3.8) is 0 Å². The number of ether oxygens (including phenoxy) is 1. The van der Waals surface area contributed by atoms with Crippen molar-refractivity contribution in [2.75, 3.05) is 47.7 Å². The van der Waals surface area contributed by atoms with Crippen LogP contribution in [0.1, 0.15) is 13.3 Å². The van der Waals surface area contributed by atoms with Crippen LogP contribution < -0.4 is 13.9 Å². The maximum Gasteiger partial charge on any atom is 0.246 e. The van der Waals surface area contributed by atoms with Gasteiger partial charge in [-0.15, -0.1) is 0 Å². The van der Waals surface area contributed by atoms with Crippen LogP contribution in [-0.4, -0.2) is 65.6 Å². The van der Waals surface area contributed by atoms with E-state index in [-0.39, 0.29) is 67.1 Å². The highest BCUT2D eigenvalue weighted by atomic mass is 32.2. The lowest BCUT2D eigenvalue weighted by Crippen LogP contribution is -2.49. The van der Waals surface area contributed by atoms with Gasteiger partial charge in [0, 0.05) is 32.6 Å². The van der Waals surface area contributed by atoms with Crippen molar-refractivity contribution in [2.24, 2.45) is 0 Å². The first-order valence-electron chi connectivity index (χ1n) is 10.5. The van der Waals surface area contributed by atoms with E-state index in [1.807, 2.05) is 0 Å². The molecule has 0 radical (unpaired) electrons. The summed E-state index contributed by atoms with van der Waals surface area (Å²) in [6.45, 7) is 2.67. The molecule has 0 N–H and O–H groups in total. The molecule has 0 bridgehead atoms. The normalized spacial score (nSPS) is 19.2. The molecule has 0 unspecified atom stereocenters. The molecule has 178 valence electrons. The van der Waals surface area contributed by atoms with Gasteiger partial charge in [0.05, 0.1) is 23.7 Å². The third-order valence-electron chi connectivity index (χ3n) is 5.59. The van der Waals surface area contributed by atoms with E-state index in [0.29, 0.717) is 9.99 Å². The lowest BCUT2D eigenvalue weighted by molar-refractivity contribution is -0.116. The number of hydrogen-bond donors (Lipinski definition) is 0. The van der Waals surface area contributed by atoms with E-state index in [4.69, 9.17) is 4.74 Å². The van der Waals surface area contributed by atoms with E-state index in [1.54, 1.807) is 30.0 Å².